The van der Waals surface area contributed by atoms with E-state index >= 15 is 0 Å². The number of carbonyl (C=O) groups excluding carboxylic acids is 1. The molecule has 0 aliphatic carbocycles. The molecular formula is C21H26N6O2S. The van der Waals surface area contributed by atoms with Gasteiger partial charge >= 0.3 is 0 Å². The molecule has 1 fully saturated rings. The Hall–Kier alpha value is -2.81. The highest BCUT2D eigenvalue weighted by Gasteiger charge is 2.21. The third-order valence-electron chi connectivity index (χ3n) is 4.84. The van der Waals surface area contributed by atoms with Crippen molar-refractivity contribution in [1.82, 2.24) is 25.1 Å². The highest BCUT2D eigenvalue weighted by molar-refractivity contribution is 7.99. The molecule has 4 rings (SSSR count). The van der Waals surface area contributed by atoms with Gasteiger partial charge in [0, 0.05) is 44.4 Å². The molecule has 0 atom stereocenters. The Bertz CT molecular complexity index is 1010. The van der Waals surface area contributed by atoms with Crippen LogP contribution in [0.2, 0.25) is 0 Å². The number of aryl methyl sites for hydroxylation is 1. The standard InChI is InChI=1S/C21H26N6O2S/c1-3-10-29-16-6-4-15(5-7-16)13-22-21(28)19-23-18-17(14-26(2)25-18)20(24-19)27-8-11-30-12-9-27/h4-7,14H,3,8-13H2,1-2H3,(H,22,28). The second kappa shape index (κ2) is 9.34. The summed E-state index contributed by atoms with van der Waals surface area (Å²) < 4.78 is 7.31. The lowest BCUT2D eigenvalue weighted by Crippen LogP contribution is -2.34. The Labute approximate surface area is 180 Å². The molecule has 1 N–H and O–H groups in total. The molecule has 3 heterocycles. The number of fused-ring (bicyclic) bond motifs is 1. The summed E-state index contributed by atoms with van der Waals surface area (Å²) >= 11 is 1.93. The van der Waals surface area contributed by atoms with Crippen molar-refractivity contribution in [2.45, 2.75) is 19.9 Å². The molecule has 9 heteroatoms. The van der Waals surface area contributed by atoms with Gasteiger partial charge in [-0.05, 0) is 24.1 Å². The zero-order chi connectivity index (χ0) is 20.9. The van der Waals surface area contributed by atoms with Crippen molar-refractivity contribution in [2.75, 3.05) is 36.1 Å². The van der Waals surface area contributed by atoms with Crippen LogP contribution in [0.25, 0.3) is 11.0 Å². The minimum atomic E-state index is -0.304. The van der Waals surface area contributed by atoms with E-state index in [2.05, 4.69) is 32.2 Å². The van der Waals surface area contributed by atoms with Crippen LogP contribution in [-0.2, 0) is 13.6 Å². The zero-order valence-corrected chi connectivity index (χ0v) is 18.1. The number of hydrogen-bond donors (Lipinski definition) is 1. The second-order valence-corrected chi connectivity index (χ2v) is 8.41. The summed E-state index contributed by atoms with van der Waals surface area (Å²) in [5, 5.41) is 8.20. The number of ether oxygens (including phenoxy) is 1. The normalized spacial score (nSPS) is 14.1. The molecule has 1 saturated heterocycles. The second-order valence-electron chi connectivity index (χ2n) is 7.19. The van der Waals surface area contributed by atoms with Crippen molar-refractivity contribution >= 4 is 34.5 Å². The first kappa shape index (κ1) is 20.5. The van der Waals surface area contributed by atoms with Gasteiger partial charge < -0.3 is 15.0 Å². The van der Waals surface area contributed by atoms with E-state index in [1.807, 2.05) is 49.3 Å². The van der Waals surface area contributed by atoms with Gasteiger partial charge in [0.2, 0.25) is 5.82 Å². The van der Waals surface area contributed by atoms with E-state index in [4.69, 9.17) is 4.74 Å². The van der Waals surface area contributed by atoms with E-state index in [-0.39, 0.29) is 11.7 Å². The summed E-state index contributed by atoms with van der Waals surface area (Å²) in [6, 6.07) is 7.73. The SMILES string of the molecule is CCCOc1ccc(CNC(=O)c2nc(N3CCSCC3)c3cn(C)nc3n2)cc1. The largest absolute Gasteiger partial charge is 0.494 e. The van der Waals surface area contributed by atoms with Crippen LogP contribution in [0.3, 0.4) is 0 Å². The molecule has 0 bridgehead atoms. The molecule has 2 aromatic heterocycles. The maximum Gasteiger partial charge on any atom is 0.289 e. The van der Waals surface area contributed by atoms with Crippen LogP contribution < -0.4 is 15.0 Å². The van der Waals surface area contributed by atoms with Gasteiger partial charge in [-0.15, -0.1) is 0 Å². The van der Waals surface area contributed by atoms with E-state index in [1.54, 1.807) is 4.68 Å². The average molecular weight is 427 g/mol. The lowest BCUT2D eigenvalue weighted by Gasteiger charge is -2.27. The Kier molecular flexibility index (Phi) is 6.37. The van der Waals surface area contributed by atoms with Crippen molar-refractivity contribution in [3.05, 3.63) is 41.9 Å². The van der Waals surface area contributed by atoms with Crippen molar-refractivity contribution in [3.8, 4) is 5.75 Å². The van der Waals surface area contributed by atoms with Crippen LogP contribution in [0.15, 0.2) is 30.5 Å². The molecule has 1 aliphatic rings. The van der Waals surface area contributed by atoms with E-state index in [9.17, 15) is 4.79 Å². The number of hydrogen-bond acceptors (Lipinski definition) is 7. The van der Waals surface area contributed by atoms with Crippen LogP contribution in [-0.4, -0.2) is 56.9 Å². The van der Waals surface area contributed by atoms with Gasteiger partial charge in [-0.3, -0.25) is 9.48 Å². The highest BCUT2D eigenvalue weighted by atomic mass is 32.2. The van der Waals surface area contributed by atoms with Gasteiger partial charge in [-0.25, -0.2) is 9.97 Å². The number of amides is 1. The van der Waals surface area contributed by atoms with Crippen LogP contribution in [0.4, 0.5) is 5.82 Å². The zero-order valence-electron chi connectivity index (χ0n) is 17.3. The fraction of sp³-hybridized carbons (Fsp3) is 0.429. The number of rotatable bonds is 7. The highest BCUT2D eigenvalue weighted by Crippen LogP contribution is 2.25. The number of thioether (sulfide) groups is 1. The van der Waals surface area contributed by atoms with Gasteiger partial charge in [-0.1, -0.05) is 19.1 Å². The van der Waals surface area contributed by atoms with E-state index in [0.29, 0.717) is 18.8 Å². The summed E-state index contributed by atoms with van der Waals surface area (Å²) in [5.41, 5.74) is 1.53. The fourth-order valence-electron chi connectivity index (χ4n) is 3.31. The quantitative estimate of drug-likeness (QED) is 0.622. The lowest BCUT2D eigenvalue weighted by atomic mass is 10.2. The van der Waals surface area contributed by atoms with Crippen LogP contribution in [0.1, 0.15) is 29.5 Å². The minimum absolute atomic E-state index is 0.150. The number of nitrogens with zero attached hydrogens (tertiary/aromatic N) is 5. The van der Waals surface area contributed by atoms with Gasteiger partial charge in [0.05, 0.1) is 12.0 Å². The molecule has 30 heavy (non-hydrogen) atoms. The minimum Gasteiger partial charge on any atom is -0.494 e. The molecule has 0 radical (unpaired) electrons. The smallest absolute Gasteiger partial charge is 0.289 e. The molecule has 158 valence electrons. The third-order valence-corrected chi connectivity index (χ3v) is 5.78. The van der Waals surface area contributed by atoms with Crippen LogP contribution in [0.5, 0.6) is 5.75 Å². The summed E-state index contributed by atoms with van der Waals surface area (Å²) in [7, 11) is 1.85. The molecular weight excluding hydrogens is 400 g/mol. The fourth-order valence-corrected chi connectivity index (χ4v) is 4.21. The third kappa shape index (κ3) is 4.67. The Balaban J connectivity index is 1.50. The average Bonchev–Trinajstić information content (AvgIpc) is 3.16. The summed E-state index contributed by atoms with van der Waals surface area (Å²) in [4.78, 5) is 24.0. The number of nitrogens with one attached hydrogen (secondary N) is 1. The monoisotopic (exact) mass is 426 g/mol. The summed E-state index contributed by atoms with van der Waals surface area (Å²) in [5.74, 6) is 3.56. The maximum atomic E-state index is 12.8. The Morgan fingerprint density at radius 3 is 2.70 bits per heavy atom. The first-order chi connectivity index (χ1) is 14.6. The molecule has 0 unspecified atom stereocenters. The number of aromatic nitrogens is 4. The van der Waals surface area contributed by atoms with E-state index in [0.717, 1.165) is 53.5 Å². The van der Waals surface area contributed by atoms with E-state index < -0.39 is 0 Å². The van der Waals surface area contributed by atoms with Gasteiger partial charge in [0.15, 0.2) is 5.65 Å². The van der Waals surface area contributed by atoms with Gasteiger partial charge in [-0.2, -0.15) is 16.9 Å². The number of benzene rings is 1. The molecule has 0 spiro atoms. The molecule has 8 nitrogen and oxygen atoms in total. The molecule has 0 saturated carbocycles. The molecule has 1 amide bonds. The van der Waals surface area contributed by atoms with Crippen molar-refractivity contribution in [3.63, 3.8) is 0 Å². The predicted molar refractivity (Wildman–Crippen MR) is 119 cm³/mol. The molecule has 1 aliphatic heterocycles. The Morgan fingerprint density at radius 1 is 1.20 bits per heavy atom. The summed E-state index contributed by atoms with van der Waals surface area (Å²) in [6.07, 6.45) is 2.88. The Morgan fingerprint density at radius 2 is 1.97 bits per heavy atom. The maximum absolute atomic E-state index is 12.8. The van der Waals surface area contributed by atoms with Gasteiger partial charge in [0.1, 0.15) is 11.6 Å². The first-order valence-electron chi connectivity index (χ1n) is 10.2. The van der Waals surface area contributed by atoms with Crippen molar-refractivity contribution in [2.24, 2.45) is 7.05 Å². The summed E-state index contributed by atoms with van der Waals surface area (Å²) in [6.45, 7) is 4.97. The molecule has 1 aromatic carbocycles. The lowest BCUT2D eigenvalue weighted by molar-refractivity contribution is 0.0941. The number of anilines is 1. The topological polar surface area (TPSA) is 85.2 Å². The number of carbonyl (C=O) groups is 1. The van der Waals surface area contributed by atoms with Crippen LogP contribution in [0, 0.1) is 0 Å². The van der Waals surface area contributed by atoms with Gasteiger partial charge in [0.25, 0.3) is 5.91 Å². The predicted octanol–water partition coefficient (Wildman–Crippen LogP) is 2.64. The van der Waals surface area contributed by atoms with E-state index in [1.165, 1.54) is 0 Å². The van der Waals surface area contributed by atoms with Crippen molar-refractivity contribution < 1.29 is 9.53 Å². The van der Waals surface area contributed by atoms with Crippen LogP contribution >= 0.6 is 11.8 Å². The van der Waals surface area contributed by atoms with Crippen molar-refractivity contribution in [1.29, 1.82) is 0 Å². The first-order valence-corrected chi connectivity index (χ1v) is 11.3. The molecule has 3 aromatic rings.